The standard InChI is InChI=1S/C15H20Cl2N4/c1-9(18)8-13-15(19)20-6-7-21(13)10(2)14-11(16)4-3-5-12(14)17/h3-5,8,10,20H,6-7,18-19H2,1-2H3/b9-8-. The SMILES string of the molecule is C/C(N)=C/C1=C(N)NCCN1C(C)c1c(Cl)cccc1Cl. The predicted molar refractivity (Wildman–Crippen MR) is 88.7 cm³/mol. The molecule has 1 aromatic carbocycles. The molecule has 21 heavy (non-hydrogen) atoms. The lowest BCUT2D eigenvalue weighted by Gasteiger charge is -2.37. The van der Waals surface area contributed by atoms with Crippen molar-refractivity contribution in [2.45, 2.75) is 19.9 Å². The van der Waals surface area contributed by atoms with Crippen LogP contribution in [0.15, 0.2) is 41.5 Å². The van der Waals surface area contributed by atoms with Crippen molar-refractivity contribution in [3.05, 3.63) is 57.1 Å². The lowest BCUT2D eigenvalue weighted by atomic mass is 10.0. The zero-order chi connectivity index (χ0) is 15.6. The molecule has 1 aliphatic rings. The molecule has 0 aromatic heterocycles. The third kappa shape index (κ3) is 3.39. The molecule has 0 aliphatic carbocycles. The van der Waals surface area contributed by atoms with Crippen LogP contribution in [0.5, 0.6) is 0 Å². The van der Waals surface area contributed by atoms with Gasteiger partial charge in [-0.3, -0.25) is 0 Å². The minimum absolute atomic E-state index is 0.00236. The Bertz CT molecular complexity index is 571. The minimum atomic E-state index is -0.00236. The first-order valence-corrected chi connectivity index (χ1v) is 7.55. The molecule has 0 radical (unpaired) electrons. The molecule has 1 heterocycles. The highest BCUT2D eigenvalue weighted by molar-refractivity contribution is 6.36. The van der Waals surface area contributed by atoms with Crippen LogP contribution in [-0.4, -0.2) is 18.0 Å². The summed E-state index contributed by atoms with van der Waals surface area (Å²) >= 11 is 12.6. The summed E-state index contributed by atoms with van der Waals surface area (Å²) in [5.41, 5.74) is 14.3. The second-order valence-corrected chi connectivity index (χ2v) is 5.93. The molecule has 1 unspecified atom stereocenters. The fourth-order valence-electron chi connectivity index (χ4n) is 2.52. The maximum Gasteiger partial charge on any atom is 0.120 e. The van der Waals surface area contributed by atoms with Crippen molar-refractivity contribution in [2.75, 3.05) is 13.1 Å². The molecular formula is C15H20Cl2N4. The van der Waals surface area contributed by atoms with Gasteiger partial charge in [0.1, 0.15) is 5.82 Å². The monoisotopic (exact) mass is 326 g/mol. The van der Waals surface area contributed by atoms with Crippen LogP contribution in [0.25, 0.3) is 0 Å². The smallest absolute Gasteiger partial charge is 0.120 e. The van der Waals surface area contributed by atoms with E-state index >= 15 is 0 Å². The average Bonchev–Trinajstić information content (AvgIpc) is 2.40. The van der Waals surface area contributed by atoms with Crippen LogP contribution in [0.3, 0.4) is 0 Å². The van der Waals surface area contributed by atoms with Gasteiger partial charge in [0.05, 0.1) is 11.7 Å². The number of nitrogens with zero attached hydrogens (tertiary/aromatic N) is 1. The van der Waals surface area contributed by atoms with Gasteiger partial charge in [-0.15, -0.1) is 0 Å². The van der Waals surface area contributed by atoms with Crippen LogP contribution in [0, 0.1) is 0 Å². The van der Waals surface area contributed by atoms with E-state index in [2.05, 4.69) is 17.1 Å². The van der Waals surface area contributed by atoms with Crippen molar-refractivity contribution < 1.29 is 0 Å². The molecule has 4 nitrogen and oxygen atoms in total. The molecule has 5 N–H and O–H groups in total. The zero-order valence-corrected chi connectivity index (χ0v) is 13.7. The Kier molecular flexibility index (Phi) is 4.91. The largest absolute Gasteiger partial charge is 0.402 e. The molecule has 0 bridgehead atoms. The maximum absolute atomic E-state index is 6.32. The van der Waals surface area contributed by atoms with E-state index in [1.807, 2.05) is 31.2 Å². The molecule has 1 aromatic rings. The molecule has 0 amide bonds. The lowest BCUT2D eigenvalue weighted by molar-refractivity contribution is 0.261. The topological polar surface area (TPSA) is 67.3 Å². The van der Waals surface area contributed by atoms with Crippen LogP contribution < -0.4 is 16.8 Å². The third-order valence-electron chi connectivity index (χ3n) is 3.50. The first-order valence-electron chi connectivity index (χ1n) is 6.79. The highest BCUT2D eigenvalue weighted by Crippen LogP contribution is 2.36. The van der Waals surface area contributed by atoms with Crippen molar-refractivity contribution >= 4 is 23.2 Å². The van der Waals surface area contributed by atoms with Gasteiger partial charge in [0, 0.05) is 34.4 Å². The first kappa shape index (κ1) is 15.9. The number of hydrogen-bond acceptors (Lipinski definition) is 4. The van der Waals surface area contributed by atoms with Gasteiger partial charge >= 0.3 is 0 Å². The highest BCUT2D eigenvalue weighted by Gasteiger charge is 2.25. The van der Waals surface area contributed by atoms with E-state index < -0.39 is 0 Å². The molecule has 0 spiro atoms. The Morgan fingerprint density at radius 1 is 1.38 bits per heavy atom. The minimum Gasteiger partial charge on any atom is -0.402 e. The third-order valence-corrected chi connectivity index (χ3v) is 4.16. The van der Waals surface area contributed by atoms with Crippen LogP contribution in [0.2, 0.25) is 10.0 Å². The van der Waals surface area contributed by atoms with E-state index in [0.29, 0.717) is 21.6 Å². The van der Waals surface area contributed by atoms with E-state index in [1.165, 1.54) is 0 Å². The number of hydrogen-bond donors (Lipinski definition) is 3. The van der Waals surface area contributed by atoms with E-state index in [0.717, 1.165) is 24.4 Å². The van der Waals surface area contributed by atoms with Crippen molar-refractivity contribution in [2.24, 2.45) is 11.5 Å². The van der Waals surface area contributed by atoms with Gasteiger partial charge in [-0.2, -0.15) is 0 Å². The molecule has 1 aliphatic heterocycles. The van der Waals surface area contributed by atoms with Gasteiger partial charge in [-0.1, -0.05) is 29.3 Å². The van der Waals surface area contributed by atoms with E-state index in [4.69, 9.17) is 34.7 Å². The molecule has 0 saturated carbocycles. The molecular weight excluding hydrogens is 307 g/mol. The first-order chi connectivity index (χ1) is 9.91. The second-order valence-electron chi connectivity index (χ2n) is 5.12. The summed E-state index contributed by atoms with van der Waals surface area (Å²) in [5.74, 6) is 0.612. The summed E-state index contributed by atoms with van der Waals surface area (Å²) in [6.07, 6.45) is 1.86. The number of benzene rings is 1. The fourth-order valence-corrected chi connectivity index (χ4v) is 3.23. The van der Waals surface area contributed by atoms with Gasteiger partial charge in [0.25, 0.3) is 0 Å². The average molecular weight is 327 g/mol. The van der Waals surface area contributed by atoms with Crippen molar-refractivity contribution in [3.63, 3.8) is 0 Å². The fraction of sp³-hybridized carbons (Fsp3) is 0.333. The number of rotatable bonds is 3. The highest BCUT2D eigenvalue weighted by atomic mass is 35.5. The normalized spacial score (nSPS) is 17.7. The van der Waals surface area contributed by atoms with Crippen LogP contribution in [0.1, 0.15) is 25.5 Å². The molecule has 2 rings (SSSR count). The van der Waals surface area contributed by atoms with Gasteiger partial charge in [0.2, 0.25) is 0 Å². The van der Waals surface area contributed by atoms with E-state index in [1.54, 1.807) is 0 Å². The predicted octanol–water partition coefficient (Wildman–Crippen LogP) is 2.95. The summed E-state index contributed by atoms with van der Waals surface area (Å²) in [7, 11) is 0. The Hall–Kier alpha value is -1.52. The summed E-state index contributed by atoms with van der Waals surface area (Å²) in [6.45, 7) is 5.45. The van der Waals surface area contributed by atoms with Crippen molar-refractivity contribution in [1.29, 1.82) is 0 Å². The summed E-state index contributed by atoms with van der Waals surface area (Å²) in [4.78, 5) is 2.16. The Morgan fingerprint density at radius 2 is 2.00 bits per heavy atom. The van der Waals surface area contributed by atoms with E-state index in [9.17, 15) is 0 Å². The van der Waals surface area contributed by atoms with Crippen LogP contribution in [0.4, 0.5) is 0 Å². The van der Waals surface area contributed by atoms with Crippen LogP contribution >= 0.6 is 23.2 Å². The number of nitrogens with one attached hydrogen (secondary N) is 1. The van der Waals surface area contributed by atoms with Gasteiger partial charge in [0.15, 0.2) is 0 Å². The molecule has 0 fully saturated rings. The Balaban J connectivity index is 2.44. The summed E-state index contributed by atoms with van der Waals surface area (Å²) in [5, 5.41) is 4.46. The van der Waals surface area contributed by atoms with Gasteiger partial charge < -0.3 is 21.7 Å². The number of halogens is 2. The maximum atomic E-state index is 6.32. The van der Waals surface area contributed by atoms with E-state index in [-0.39, 0.29) is 6.04 Å². The number of nitrogens with two attached hydrogens (primary N) is 2. The quantitative estimate of drug-likeness (QED) is 0.798. The molecule has 0 saturated heterocycles. The van der Waals surface area contributed by atoms with Crippen molar-refractivity contribution in [3.8, 4) is 0 Å². The second kappa shape index (κ2) is 6.50. The Morgan fingerprint density at radius 3 is 2.57 bits per heavy atom. The number of allylic oxidation sites excluding steroid dienone is 2. The summed E-state index contributed by atoms with van der Waals surface area (Å²) in [6, 6.07) is 5.53. The summed E-state index contributed by atoms with van der Waals surface area (Å²) < 4.78 is 0. The molecule has 6 heteroatoms. The molecule has 114 valence electrons. The Labute approximate surface area is 135 Å². The molecule has 1 atom stereocenters. The lowest BCUT2D eigenvalue weighted by Crippen LogP contribution is -2.42. The zero-order valence-electron chi connectivity index (χ0n) is 12.2. The van der Waals surface area contributed by atoms with Crippen LogP contribution in [-0.2, 0) is 0 Å². The van der Waals surface area contributed by atoms with Gasteiger partial charge in [-0.05, 0) is 32.1 Å². The van der Waals surface area contributed by atoms with Crippen molar-refractivity contribution in [1.82, 2.24) is 10.2 Å². The van der Waals surface area contributed by atoms with Gasteiger partial charge in [-0.25, -0.2) is 0 Å².